The number of ether oxygens (including phenoxy) is 4. The lowest BCUT2D eigenvalue weighted by Gasteiger charge is -2.18. The Morgan fingerprint density at radius 2 is 1.27 bits per heavy atom. The van der Waals surface area contributed by atoms with Gasteiger partial charge in [-0.15, -0.1) is 0 Å². The van der Waals surface area contributed by atoms with Crippen molar-refractivity contribution < 1.29 is 28.5 Å². The van der Waals surface area contributed by atoms with Crippen LogP contribution in [0, 0.1) is 0 Å². The van der Waals surface area contributed by atoms with Crippen LogP contribution in [-0.4, -0.2) is 48.6 Å². The molecule has 0 bridgehead atoms. The predicted molar refractivity (Wildman–Crippen MR) is 74.1 cm³/mol. The second-order valence-electron chi connectivity index (χ2n) is 6.99. The third-order valence-corrected chi connectivity index (χ3v) is 5.51. The minimum absolute atomic E-state index is 0.163. The summed E-state index contributed by atoms with van der Waals surface area (Å²) in [5.41, 5.74) is -0.637. The largest absolute Gasteiger partial charge is 0.454 e. The molecule has 2 saturated carbocycles. The Bertz CT molecular complexity index is 447. The molecule has 2 saturated heterocycles. The first kappa shape index (κ1) is 14.5. The zero-order chi connectivity index (χ0) is 15.2. The maximum absolute atomic E-state index is 11.7. The van der Waals surface area contributed by atoms with Gasteiger partial charge in [0, 0.05) is 0 Å². The molecule has 2 heterocycles. The molecular weight excluding hydrogens is 288 g/mol. The van der Waals surface area contributed by atoms with Crippen LogP contribution >= 0.6 is 0 Å². The molecule has 0 aromatic rings. The molecule has 0 aromatic carbocycles. The zero-order valence-corrected chi connectivity index (χ0v) is 12.7. The maximum Gasteiger partial charge on any atom is 0.417 e. The summed E-state index contributed by atoms with van der Waals surface area (Å²) in [4.78, 5) is 23.5. The zero-order valence-electron chi connectivity index (χ0n) is 12.7. The average molecular weight is 310 g/mol. The Morgan fingerprint density at radius 3 is 1.68 bits per heavy atom. The Balaban J connectivity index is 1.21. The number of fused-ring (bicyclic) bond motifs is 2. The quantitative estimate of drug-likeness (QED) is 0.445. The fraction of sp³-hybridized carbons (Fsp3) is 0.875. The van der Waals surface area contributed by atoms with Gasteiger partial charge in [-0.1, -0.05) is 25.7 Å². The van der Waals surface area contributed by atoms with Crippen molar-refractivity contribution in [2.24, 2.45) is 0 Å². The van der Waals surface area contributed by atoms with Crippen molar-refractivity contribution in [2.45, 2.75) is 74.8 Å². The molecule has 0 N–H and O–H groups in total. The first-order valence-corrected chi connectivity index (χ1v) is 8.33. The van der Waals surface area contributed by atoms with Crippen LogP contribution in [0.4, 0.5) is 0 Å². The lowest BCUT2D eigenvalue weighted by atomic mass is 9.90. The van der Waals surface area contributed by atoms with E-state index in [4.69, 9.17) is 18.9 Å². The molecule has 4 aliphatic rings. The molecule has 2 aliphatic carbocycles. The van der Waals surface area contributed by atoms with E-state index in [1.165, 1.54) is 0 Å². The number of epoxide rings is 2. The number of hydrogen-bond acceptors (Lipinski definition) is 6. The first-order chi connectivity index (χ1) is 10.6. The van der Waals surface area contributed by atoms with Crippen molar-refractivity contribution in [1.29, 1.82) is 0 Å². The van der Waals surface area contributed by atoms with Gasteiger partial charge in [-0.25, -0.2) is 9.59 Å². The topological polar surface area (TPSA) is 77.7 Å². The van der Waals surface area contributed by atoms with Gasteiger partial charge in [0.05, 0.1) is 12.2 Å². The molecule has 4 fully saturated rings. The molecule has 4 atom stereocenters. The summed E-state index contributed by atoms with van der Waals surface area (Å²) in [5.74, 6) is -1.84. The SMILES string of the molecule is O=C(OCC12CCCCC1O2)C(=O)OCC12CCCCC1O2. The number of esters is 2. The fourth-order valence-corrected chi connectivity index (χ4v) is 3.98. The van der Waals surface area contributed by atoms with Crippen molar-refractivity contribution in [2.75, 3.05) is 13.2 Å². The molecule has 0 aromatic heterocycles. The van der Waals surface area contributed by atoms with Crippen LogP contribution in [0.2, 0.25) is 0 Å². The number of carbonyl (C=O) groups is 2. The van der Waals surface area contributed by atoms with Crippen molar-refractivity contribution in [1.82, 2.24) is 0 Å². The summed E-state index contributed by atoms with van der Waals surface area (Å²) >= 11 is 0. The van der Waals surface area contributed by atoms with Gasteiger partial charge in [-0.2, -0.15) is 0 Å². The van der Waals surface area contributed by atoms with E-state index in [1.807, 2.05) is 0 Å². The van der Waals surface area contributed by atoms with Crippen molar-refractivity contribution in [3.63, 3.8) is 0 Å². The molecule has 4 rings (SSSR count). The minimum atomic E-state index is -0.918. The van der Waals surface area contributed by atoms with Gasteiger partial charge in [0.15, 0.2) is 0 Å². The van der Waals surface area contributed by atoms with Crippen LogP contribution in [-0.2, 0) is 28.5 Å². The van der Waals surface area contributed by atoms with Gasteiger partial charge in [0.1, 0.15) is 24.4 Å². The molecule has 22 heavy (non-hydrogen) atoms. The molecule has 6 nitrogen and oxygen atoms in total. The standard InChI is InChI=1S/C16H22O6/c17-13(19-9-15-7-3-1-5-11(15)21-15)14(18)20-10-16-8-4-2-6-12(16)22-16/h11-12H,1-10H2. The highest BCUT2D eigenvalue weighted by atomic mass is 16.7. The number of rotatable bonds is 4. The molecule has 0 amide bonds. The van der Waals surface area contributed by atoms with E-state index in [-0.39, 0.29) is 36.6 Å². The lowest BCUT2D eigenvalue weighted by molar-refractivity contribution is -0.169. The van der Waals surface area contributed by atoms with E-state index in [9.17, 15) is 9.59 Å². The Hall–Kier alpha value is -1.14. The fourth-order valence-electron chi connectivity index (χ4n) is 3.98. The Labute approximate surface area is 129 Å². The van der Waals surface area contributed by atoms with Crippen LogP contribution in [0.25, 0.3) is 0 Å². The van der Waals surface area contributed by atoms with Crippen molar-refractivity contribution >= 4 is 11.9 Å². The normalized spacial score (nSPS) is 41.8. The minimum Gasteiger partial charge on any atom is -0.454 e. The highest BCUT2D eigenvalue weighted by Crippen LogP contribution is 2.48. The van der Waals surface area contributed by atoms with E-state index in [1.54, 1.807) is 0 Å². The average Bonchev–Trinajstić information content (AvgIpc) is 3.42. The van der Waals surface area contributed by atoms with Crippen LogP contribution < -0.4 is 0 Å². The Morgan fingerprint density at radius 1 is 0.818 bits per heavy atom. The van der Waals surface area contributed by atoms with Crippen LogP contribution in [0.5, 0.6) is 0 Å². The summed E-state index contributed by atoms with van der Waals surface area (Å²) in [6.45, 7) is 0.325. The van der Waals surface area contributed by atoms with Gasteiger partial charge >= 0.3 is 11.9 Å². The molecule has 0 radical (unpaired) electrons. The summed E-state index contributed by atoms with van der Waals surface area (Å²) in [6, 6.07) is 0. The predicted octanol–water partition coefficient (Wildman–Crippen LogP) is 1.50. The molecule has 4 unspecified atom stereocenters. The third kappa shape index (κ3) is 2.52. The van der Waals surface area contributed by atoms with Crippen LogP contribution in [0.1, 0.15) is 51.4 Å². The van der Waals surface area contributed by atoms with Gasteiger partial charge in [-0.3, -0.25) is 0 Å². The molecule has 0 spiro atoms. The van der Waals surface area contributed by atoms with E-state index in [0.29, 0.717) is 0 Å². The smallest absolute Gasteiger partial charge is 0.417 e. The van der Waals surface area contributed by atoms with Gasteiger partial charge < -0.3 is 18.9 Å². The summed E-state index contributed by atoms with van der Waals surface area (Å²) < 4.78 is 21.4. The van der Waals surface area contributed by atoms with E-state index in [0.717, 1.165) is 51.4 Å². The lowest BCUT2D eigenvalue weighted by Crippen LogP contribution is -2.33. The summed E-state index contributed by atoms with van der Waals surface area (Å²) in [6.07, 6.45) is 8.72. The third-order valence-electron chi connectivity index (χ3n) is 5.51. The molecular formula is C16H22O6. The van der Waals surface area contributed by atoms with Crippen molar-refractivity contribution in [3.05, 3.63) is 0 Å². The summed E-state index contributed by atoms with van der Waals surface area (Å²) in [5, 5.41) is 0. The monoisotopic (exact) mass is 310 g/mol. The van der Waals surface area contributed by atoms with Gasteiger partial charge in [0.2, 0.25) is 0 Å². The van der Waals surface area contributed by atoms with E-state index < -0.39 is 11.9 Å². The van der Waals surface area contributed by atoms with Crippen LogP contribution in [0.15, 0.2) is 0 Å². The number of hydrogen-bond donors (Lipinski definition) is 0. The second kappa shape index (κ2) is 5.20. The molecule has 2 aliphatic heterocycles. The van der Waals surface area contributed by atoms with Gasteiger partial charge in [0.25, 0.3) is 0 Å². The van der Waals surface area contributed by atoms with E-state index in [2.05, 4.69) is 0 Å². The highest BCUT2D eigenvalue weighted by molar-refractivity contribution is 6.29. The van der Waals surface area contributed by atoms with Crippen LogP contribution in [0.3, 0.4) is 0 Å². The second-order valence-corrected chi connectivity index (χ2v) is 6.99. The summed E-state index contributed by atoms with van der Waals surface area (Å²) in [7, 11) is 0. The van der Waals surface area contributed by atoms with E-state index >= 15 is 0 Å². The molecule has 6 heteroatoms. The van der Waals surface area contributed by atoms with Gasteiger partial charge in [-0.05, 0) is 25.7 Å². The van der Waals surface area contributed by atoms with Crippen molar-refractivity contribution in [3.8, 4) is 0 Å². The Kier molecular flexibility index (Phi) is 3.42. The maximum atomic E-state index is 11.7. The highest BCUT2D eigenvalue weighted by Gasteiger charge is 2.59. The first-order valence-electron chi connectivity index (χ1n) is 8.33. The number of carbonyl (C=O) groups excluding carboxylic acids is 2. The molecule has 122 valence electrons.